The number of nitrogens with one attached hydrogen (secondary N) is 1. The first-order valence-corrected chi connectivity index (χ1v) is 6.09. The van der Waals surface area contributed by atoms with Crippen molar-refractivity contribution < 1.29 is 22.7 Å². The molecule has 0 saturated carbocycles. The van der Waals surface area contributed by atoms with E-state index in [2.05, 4.69) is 10.1 Å². The van der Waals surface area contributed by atoms with Crippen LogP contribution in [-0.4, -0.2) is 18.3 Å². The van der Waals surface area contributed by atoms with Crippen LogP contribution in [-0.2, 0) is 4.79 Å². The van der Waals surface area contributed by atoms with Gasteiger partial charge >= 0.3 is 6.36 Å². The Labute approximate surface area is 115 Å². The van der Waals surface area contributed by atoms with Crippen molar-refractivity contribution in [3.05, 3.63) is 24.3 Å². The summed E-state index contributed by atoms with van der Waals surface area (Å²) >= 11 is 0. The number of carbonyl (C=O) groups is 1. The number of hydrogen-bond acceptors (Lipinski definition) is 3. The molecule has 0 spiro atoms. The van der Waals surface area contributed by atoms with Gasteiger partial charge in [-0.2, -0.15) is 0 Å². The average molecular weight is 290 g/mol. The molecule has 0 aromatic heterocycles. The van der Waals surface area contributed by atoms with Gasteiger partial charge in [-0.1, -0.05) is 26.0 Å². The van der Waals surface area contributed by atoms with Crippen LogP contribution in [0.4, 0.5) is 18.9 Å². The van der Waals surface area contributed by atoms with E-state index < -0.39 is 18.0 Å². The smallest absolute Gasteiger partial charge is 0.404 e. The van der Waals surface area contributed by atoms with Gasteiger partial charge in [0.15, 0.2) is 5.75 Å². The summed E-state index contributed by atoms with van der Waals surface area (Å²) in [7, 11) is 0. The van der Waals surface area contributed by atoms with Gasteiger partial charge in [0, 0.05) is 12.5 Å². The van der Waals surface area contributed by atoms with Gasteiger partial charge in [0.25, 0.3) is 0 Å². The minimum Gasteiger partial charge on any atom is -0.404 e. The minimum absolute atomic E-state index is 0.0258. The third-order valence-corrected chi connectivity index (χ3v) is 2.66. The van der Waals surface area contributed by atoms with Gasteiger partial charge in [0.1, 0.15) is 0 Å². The number of amides is 1. The van der Waals surface area contributed by atoms with Crippen LogP contribution < -0.4 is 15.8 Å². The van der Waals surface area contributed by atoms with Crippen molar-refractivity contribution >= 4 is 11.6 Å². The molecule has 1 amide bonds. The highest BCUT2D eigenvalue weighted by Crippen LogP contribution is 2.30. The van der Waals surface area contributed by atoms with Crippen LogP contribution in [0.2, 0.25) is 0 Å². The van der Waals surface area contributed by atoms with Crippen molar-refractivity contribution in [3.63, 3.8) is 0 Å². The quantitative estimate of drug-likeness (QED) is 0.876. The minimum atomic E-state index is -4.81. The molecule has 3 N–H and O–H groups in total. The number of carbonyl (C=O) groups excluding carboxylic acids is 1. The van der Waals surface area contributed by atoms with Gasteiger partial charge in [-0.05, 0) is 18.1 Å². The van der Waals surface area contributed by atoms with Gasteiger partial charge in [-0.25, -0.2) is 0 Å². The fourth-order valence-electron chi connectivity index (χ4n) is 1.43. The molecule has 1 unspecified atom stereocenters. The molecule has 0 aliphatic rings. The van der Waals surface area contributed by atoms with Gasteiger partial charge in [-0.3, -0.25) is 4.79 Å². The van der Waals surface area contributed by atoms with Crippen molar-refractivity contribution in [1.29, 1.82) is 0 Å². The van der Waals surface area contributed by atoms with Gasteiger partial charge in [0.2, 0.25) is 5.91 Å². The summed E-state index contributed by atoms with van der Waals surface area (Å²) in [5.74, 6) is -0.807. The third kappa shape index (κ3) is 5.48. The molecule has 1 atom stereocenters. The molecule has 0 heterocycles. The summed E-state index contributed by atoms with van der Waals surface area (Å²) in [6, 6.07) is 4.99. The summed E-state index contributed by atoms with van der Waals surface area (Å²) in [4.78, 5) is 11.7. The Kier molecular flexibility index (Phi) is 5.38. The number of halogens is 3. The summed E-state index contributed by atoms with van der Waals surface area (Å²) in [5, 5.41) is 2.37. The first-order chi connectivity index (χ1) is 9.19. The summed E-state index contributed by atoms with van der Waals surface area (Å²) in [6.45, 7) is 3.72. The Hall–Kier alpha value is -1.76. The lowest BCUT2D eigenvalue weighted by Gasteiger charge is -2.17. The number of hydrogen-bond donors (Lipinski definition) is 2. The Morgan fingerprint density at radius 3 is 2.50 bits per heavy atom. The monoisotopic (exact) mass is 290 g/mol. The molecule has 20 heavy (non-hydrogen) atoms. The van der Waals surface area contributed by atoms with Gasteiger partial charge in [-0.15, -0.1) is 13.2 Å². The number of rotatable bonds is 5. The van der Waals surface area contributed by atoms with Crippen molar-refractivity contribution in [2.45, 2.75) is 32.7 Å². The highest BCUT2D eigenvalue weighted by molar-refractivity contribution is 5.92. The Morgan fingerprint density at radius 2 is 1.95 bits per heavy atom. The fraction of sp³-hybridized carbons (Fsp3) is 0.462. The van der Waals surface area contributed by atoms with Crippen LogP contribution in [0, 0.1) is 5.92 Å². The maximum atomic E-state index is 12.2. The first-order valence-electron chi connectivity index (χ1n) is 6.09. The predicted octanol–water partition coefficient (Wildman–Crippen LogP) is 2.90. The molecule has 1 aromatic carbocycles. The number of benzene rings is 1. The zero-order valence-corrected chi connectivity index (χ0v) is 11.2. The summed E-state index contributed by atoms with van der Waals surface area (Å²) in [5.41, 5.74) is 5.70. The van der Waals surface area contributed by atoms with Crippen LogP contribution in [0.5, 0.6) is 5.75 Å². The van der Waals surface area contributed by atoms with E-state index >= 15 is 0 Å². The molecule has 0 aliphatic carbocycles. The molecular weight excluding hydrogens is 273 g/mol. The molecule has 0 aliphatic heterocycles. The number of para-hydroxylation sites is 2. The molecule has 1 rings (SSSR count). The molecule has 1 aromatic rings. The maximum absolute atomic E-state index is 12.2. The van der Waals surface area contributed by atoms with E-state index in [1.807, 2.05) is 13.8 Å². The van der Waals surface area contributed by atoms with Crippen LogP contribution in [0.3, 0.4) is 0 Å². The van der Waals surface area contributed by atoms with E-state index in [-0.39, 0.29) is 24.1 Å². The van der Waals surface area contributed by atoms with E-state index in [9.17, 15) is 18.0 Å². The zero-order valence-electron chi connectivity index (χ0n) is 11.2. The van der Waals surface area contributed by atoms with Crippen LogP contribution in [0.1, 0.15) is 20.3 Å². The number of anilines is 1. The Balaban J connectivity index is 2.75. The van der Waals surface area contributed by atoms with E-state index in [0.29, 0.717) is 0 Å². The standard InChI is InChI=1S/C13H17F3N2O2/c1-8(2)9(17)7-12(19)18-10-5-3-4-6-11(10)20-13(14,15)16/h3-6,8-9H,7,17H2,1-2H3,(H,18,19). The van der Waals surface area contributed by atoms with Crippen LogP contribution in [0.25, 0.3) is 0 Å². The van der Waals surface area contributed by atoms with Crippen molar-refractivity contribution in [2.75, 3.05) is 5.32 Å². The Morgan fingerprint density at radius 1 is 1.35 bits per heavy atom. The van der Waals surface area contributed by atoms with E-state index in [0.717, 1.165) is 6.07 Å². The lowest BCUT2D eigenvalue weighted by molar-refractivity contribution is -0.274. The number of alkyl halides is 3. The Bertz CT molecular complexity index is 461. The number of nitrogens with two attached hydrogens (primary N) is 1. The van der Waals surface area contributed by atoms with E-state index in [1.165, 1.54) is 18.2 Å². The lowest BCUT2D eigenvalue weighted by Crippen LogP contribution is -2.31. The molecule has 4 nitrogen and oxygen atoms in total. The summed E-state index contributed by atoms with van der Waals surface area (Å²) in [6.07, 6.45) is -4.78. The van der Waals surface area contributed by atoms with E-state index in [1.54, 1.807) is 0 Å². The second-order valence-electron chi connectivity index (χ2n) is 4.70. The summed E-state index contributed by atoms with van der Waals surface area (Å²) < 4.78 is 40.5. The first kappa shape index (κ1) is 16.3. The fourth-order valence-corrected chi connectivity index (χ4v) is 1.43. The van der Waals surface area contributed by atoms with Crippen molar-refractivity contribution in [3.8, 4) is 5.75 Å². The van der Waals surface area contributed by atoms with Gasteiger partial charge < -0.3 is 15.8 Å². The van der Waals surface area contributed by atoms with E-state index in [4.69, 9.17) is 5.73 Å². The zero-order chi connectivity index (χ0) is 15.3. The normalized spacial score (nSPS) is 13.2. The highest BCUT2D eigenvalue weighted by Gasteiger charge is 2.32. The highest BCUT2D eigenvalue weighted by atomic mass is 19.4. The van der Waals surface area contributed by atoms with Crippen LogP contribution >= 0.6 is 0 Å². The molecule has 7 heteroatoms. The molecule has 0 fully saturated rings. The third-order valence-electron chi connectivity index (χ3n) is 2.66. The SMILES string of the molecule is CC(C)C(N)CC(=O)Nc1ccccc1OC(F)(F)F. The molecule has 112 valence electrons. The second-order valence-corrected chi connectivity index (χ2v) is 4.70. The lowest BCUT2D eigenvalue weighted by atomic mass is 10.0. The average Bonchev–Trinajstić information content (AvgIpc) is 2.29. The van der Waals surface area contributed by atoms with Crippen molar-refractivity contribution in [2.24, 2.45) is 11.7 Å². The molecule has 0 saturated heterocycles. The molecule has 0 radical (unpaired) electrons. The van der Waals surface area contributed by atoms with Crippen LogP contribution in [0.15, 0.2) is 24.3 Å². The maximum Gasteiger partial charge on any atom is 0.573 e. The second kappa shape index (κ2) is 6.60. The van der Waals surface area contributed by atoms with Crippen molar-refractivity contribution in [1.82, 2.24) is 0 Å². The largest absolute Gasteiger partial charge is 0.573 e. The number of ether oxygens (including phenoxy) is 1. The molecule has 0 bridgehead atoms. The molecular formula is C13H17F3N2O2. The predicted molar refractivity (Wildman–Crippen MR) is 69.2 cm³/mol. The van der Waals surface area contributed by atoms with Gasteiger partial charge in [0.05, 0.1) is 5.69 Å². The topological polar surface area (TPSA) is 64.4 Å².